The number of amides is 2. The Morgan fingerprint density at radius 2 is 1.87 bits per heavy atom. The van der Waals surface area contributed by atoms with E-state index in [0.717, 1.165) is 27.8 Å². The molecule has 9 heteroatoms. The Balaban J connectivity index is 1.56. The van der Waals surface area contributed by atoms with Crippen LogP contribution in [0.15, 0.2) is 70.5 Å². The van der Waals surface area contributed by atoms with Crippen molar-refractivity contribution in [3.8, 4) is 11.5 Å². The summed E-state index contributed by atoms with van der Waals surface area (Å²) in [6, 6.07) is 14.7. The van der Waals surface area contributed by atoms with Crippen LogP contribution in [0.2, 0.25) is 0 Å². The molecule has 0 N–H and O–H groups in total. The van der Waals surface area contributed by atoms with Crippen LogP contribution in [0.3, 0.4) is 0 Å². The second-order valence-electron chi connectivity index (χ2n) is 8.50. The molecule has 2 heterocycles. The fraction of sp³-hybridized carbons (Fsp3) is 0.207. The van der Waals surface area contributed by atoms with Gasteiger partial charge < -0.3 is 18.6 Å². The number of methoxy groups -OCH3 is 2. The maximum atomic E-state index is 13.0. The van der Waals surface area contributed by atoms with Gasteiger partial charge in [-0.1, -0.05) is 35.9 Å². The van der Waals surface area contributed by atoms with Gasteiger partial charge in [0.15, 0.2) is 11.5 Å². The zero-order valence-electron chi connectivity index (χ0n) is 21.3. The number of rotatable bonds is 10. The Labute approximate surface area is 224 Å². The van der Waals surface area contributed by atoms with Gasteiger partial charge in [-0.05, 0) is 66.6 Å². The van der Waals surface area contributed by atoms with Crippen molar-refractivity contribution in [1.29, 1.82) is 0 Å². The average Bonchev–Trinajstić information content (AvgIpc) is 3.49. The smallest absolute Gasteiger partial charge is 0.373 e. The molecule has 0 bridgehead atoms. The lowest BCUT2D eigenvalue weighted by atomic mass is 10.0. The molecule has 0 saturated carbocycles. The van der Waals surface area contributed by atoms with Gasteiger partial charge in [-0.2, -0.15) is 0 Å². The van der Waals surface area contributed by atoms with E-state index in [1.165, 1.54) is 24.8 Å². The normalized spacial score (nSPS) is 14.2. The SMILES string of the molecule is C=CCc1cc(/C=C2/SC(=O)N(Cc3ccc(C(=O)OC)o3)C2=O)cc(OC)c1OCc1ccc(C)cc1. The number of hydrogen-bond acceptors (Lipinski definition) is 8. The molecule has 3 aromatic rings. The Kier molecular flexibility index (Phi) is 8.38. The van der Waals surface area contributed by atoms with Crippen LogP contribution in [0.5, 0.6) is 11.5 Å². The Morgan fingerprint density at radius 1 is 1.11 bits per heavy atom. The second kappa shape index (κ2) is 11.9. The van der Waals surface area contributed by atoms with E-state index < -0.39 is 17.1 Å². The summed E-state index contributed by atoms with van der Waals surface area (Å²) >= 11 is 0.832. The first-order valence-electron chi connectivity index (χ1n) is 11.8. The Morgan fingerprint density at radius 3 is 2.55 bits per heavy atom. The van der Waals surface area contributed by atoms with Crippen molar-refractivity contribution in [1.82, 2.24) is 4.90 Å². The number of esters is 1. The van der Waals surface area contributed by atoms with Crippen molar-refractivity contribution in [3.63, 3.8) is 0 Å². The van der Waals surface area contributed by atoms with E-state index in [9.17, 15) is 14.4 Å². The fourth-order valence-corrected chi connectivity index (χ4v) is 4.68. The number of allylic oxidation sites excluding steroid dienone is 1. The Bertz CT molecular complexity index is 1400. The van der Waals surface area contributed by atoms with Crippen LogP contribution < -0.4 is 9.47 Å². The third-order valence-corrected chi connectivity index (χ3v) is 6.68. The molecule has 0 radical (unpaired) electrons. The van der Waals surface area contributed by atoms with Crippen LogP contribution in [-0.4, -0.2) is 36.2 Å². The van der Waals surface area contributed by atoms with E-state index in [1.54, 1.807) is 25.3 Å². The van der Waals surface area contributed by atoms with Crippen LogP contribution >= 0.6 is 11.8 Å². The lowest BCUT2D eigenvalue weighted by Crippen LogP contribution is -2.27. The second-order valence-corrected chi connectivity index (χ2v) is 9.50. The van der Waals surface area contributed by atoms with Crippen LogP contribution in [0, 0.1) is 6.92 Å². The largest absolute Gasteiger partial charge is 0.493 e. The van der Waals surface area contributed by atoms with Crippen molar-refractivity contribution in [2.75, 3.05) is 14.2 Å². The maximum Gasteiger partial charge on any atom is 0.373 e. The van der Waals surface area contributed by atoms with Gasteiger partial charge in [0.05, 0.1) is 25.7 Å². The minimum atomic E-state index is -0.638. The van der Waals surface area contributed by atoms with Gasteiger partial charge in [0.1, 0.15) is 12.4 Å². The van der Waals surface area contributed by atoms with Crippen molar-refractivity contribution >= 4 is 35.0 Å². The van der Waals surface area contributed by atoms with E-state index in [4.69, 9.17) is 13.9 Å². The molecule has 2 aromatic carbocycles. The minimum Gasteiger partial charge on any atom is -0.493 e. The molecule has 196 valence electrons. The Hall–Kier alpha value is -4.24. The first-order chi connectivity index (χ1) is 18.3. The number of ether oxygens (including phenoxy) is 3. The number of imide groups is 1. The molecule has 1 aromatic heterocycles. The number of furan rings is 1. The zero-order chi connectivity index (χ0) is 27.2. The molecule has 4 rings (SSSR count). The van der Waals surface area contributed by atoms with Crippen molar-refractivity contribution in [2.24, 2.45) is 0 Å². The highest BCUT2D eigenvalue weighted by Crippen LogP contribution is 2.38. The van der Waals surface area contributed by atoms with Crippen LogP contribution in [0.25, 0.3) is 6.08 Å². The summed E-state index contributed by atoms with van der Waals surface area (Å²) in [6.07, 6.45) is 3.92. The van der Waals surface area contributed by atoms with Gasteiger partial charge >= 0.3 is 5.97 Å². The molecule has 1 saturated heterocycles. The molecule has 1 fully saturated rings. The quantitative estimate of drug-likeness (QED) is 0.180. The number of carbonyl (C=O) groups excluding carboxylic acids is 3. The molecule has 2 amide bonds. The lowest BCUT2D eigenvalue weighted by molar-refractivity contribution is -0.123. The van der Waals surface area contributed by atoms with Gasteiger partial charge in [0.2, 0.25) is 5.76 Å². The standard InChI is InChI=1S/C29H27NO7S/c1-5-6-21-13-20(14-24(34-3)26(21)36-17-19-9-7-18(2)8-10-19)15-25-27(31)30(29(33)38-25)16-22-11-12-23(37-22)28(32)35-4/h5,7-15H,1,6,16-17H2,2-4H3/b25-15+. The van der Waals surface area contributed by atoms with E-state index in [-0.39, 0.29) is 17.2 Å². The molecule has 8 nitrogen and oxygen atoms in total. The molecule has 1 aliphatic rings. The third-order valence-electron chi connectivity index (χ3n) is 5.78. The van der Waals surface area contributed by atoms with Gasteiger partial charge in [0.25, 0.3) is 11.1 Å². The third kappa shape index (κ3) is 6.00. The number of benzene rings is 2. The number of hydrogen-bond donors (Lipinski definition) is 0. The van der Waals surface area contributed by atoms with Crippen molar-refractivity contribution in [2.45, 2.75) is 26.5 Å². The highest BCUT2D eigenvalue weighted by atomic mass is 32.2. The van der Waals surface area contributed by atoms with Gasteiger partial charge in [-0.15, -0.1) is 6.58 Å². The van der Waals surface area contributed by atoms with E-state index in [1.807, 2.05) is 37.3 Å². The van der Waals surface area contributed by atoms with Crippen LogP contribution in [0.4, 0.5) is 4.79 Å². The van der Waals surface area contributed by atoms with E-state index in [2.05, 4.69) is 11.3 Å². The maximum absolute atomic E-state index is 13.0. The number of carbonyl (C=O) groups is 3. The number of aryl methyl sites for hydroxylation is 1. The molecular formula is C29H27NO7S. The topological polar surface area (TPSA) is 95.3 Å². The lowest BCUT2D eigenvalue weighted by Gasteiger charge is -2.16. The predicted octanol–water partition coefficient (Wildman–Crippen LogP) is 5.93. The van der Waals surface area contributed by atoms with Gasteiger partial charge in [-0.25, -0.2) is 4.79 Å². The highest BCUT2D eigenvalue weighted by molar-refractivity contribution is 8.18. The summed E-state index contributed by atoms with van der Waals surface area (Å²) in [6.45, 7) is 6.14. The predicted molar refractivity (Wildman–Crippen MR) is 144 cm³/mol. The summed E-state index contributed by atoms with van der Waals surface area (Å²) < 4.78 is 21.8. The van der Waals surface area contributed by atoms with Crippen molar-refractivity contribution < 1.29 is 33.0 Å². The fourth-order valence-electron chi connectivity index (χ4n) is 3.85. The first-order valence-corrected chi connectivity index (χ1v) is 12.6. The molecule has 0 aliphatic carbocycles. The van der Waals surface area contributed by atoms with Crippen LogP contribution in [-0.2, 0) is 29.1 Å². The molecule has 0 spiro atoms. The average molecular weight is 534 g/mol. The number of thioether (sulfide) groups is 1. The highest BCUT2D eigenvalue weighted by Gasteiger charge is 2.36. The summed E-state index contributed by atoms with van der Waals surface area (Å²) in [5, 5.41) is -0.436. The molecule has 38 heavy (non-hydrogen) atoms. The number of nitrogens with zero attached hydrogens (tertiary/aromatic N) is 1. The summed E-state index contributed by atoms with van der Waals surface area (Å²) in [7, 11) is 2.79. The van der Waals surface area contributed by atoms with Gasteiger partial charge in [-0.3, -0.25) is 14.5 Å². The zero-order valence-corrected chi connectivity index (χ0v) is 22.1. The van der Waals surface area contributed by atoms with E-state index >= 15 is 0 Å². The van der Waals surface area contributed by atoms with Crippen LogP contribution in [0.1, 0.15) is 38.6 Å². The molecule has 0 unspecified atom stereocenters. The summed E-state index contributed by atoms with van der Waals surface area (Å²) in [5.74, 6) is 0.293. The minimum absolute atomic E-state index is 0.00320. The molecule has 1 aliphatic heterocycles. The monoisotopic (exact) mass is 533 g/mol. The van der Waals surface area contributed by atoms with Gasteiger partial charge in [0, 0.05) is 5.56 Å². The van der Waals surface area contributed by atoms with Crippen molar-refractivity contribution in [3.05, 3.63) is 99.9 Å². The first kappa shape index (κ1) is 26.8. The summed E-state index contributed by atoms with van der Waals surface area (Å²) in [4.78, 5) is 38.6. The van der Waals surface area contributed by atoms with E-state index in [0.29, 0.717) is 35.9 Å². The summed E-state index contributed by atoms with van der Waals surface area (Å²) in [5.41, 5.74) is 3.71. The molecule has 0 atom stereocenters. The molecular weight excluding hydrogens is 506 g/mol.